The molecule has 1 amide bonds. The van der Waals surface area contributed by atoms with E-state index in [0.717, 1.165) is 6.42 Å². The van der Waals surface area contributed by atoms with Crippen molar-refractivity contribution in [3.8, 4) is 5.75 Å². The molecule has 2 aromatic rings. The second kappa shape index (κ2) is 7.98. The number of carbonyl (C=O) groups is 1. The molecule has 0 spiro atoms. The average molecular weight is 352 g/mol. The summed E-state index contributed by atoms with van der Waals surface area (Å²) in [6, 6.07) is 7.49. The van der Waals surface area contributed by atoms with E-state index in [1.54, 1.807) is 12.1 Å². The van der Waals surface area contributed by atoms with E-state index >= 15 is 0 Å². The molecule has 1 heterocycles. The first-order valence-corrected chi connectivity index (χ1v) is 8.94. The average Bonchev–Trinajstić information content (AvgIpc) is 3.11. The summed E-state index contributed by atoms with van der Waals surface area (Å²) in [6.07, 6.45) is 2.24. The Balaban J connectivity index is 2.24. The van der Waals surface area contributed by atoms with Crippen molar-refractivity contribution < 1.29 is 22.4 Å². The SMILES string of the molecule is CCCNC(=O)c1cc(S(=O)(=O)NCc2ccco2)ccc1OC. The molecule has 0 aliphatic carbocycles. The van der Waals surface area contributed by atoms with E-state index in [2.05, 4.69) is 10.0 Å². The number of amides is 1. The Labute approximate surface area is 141 Å². The summed E-state index contributed by atoms with van der Waals surface area (Å²) >= 11 is 0. The molecular formula is C16H20N2O5S. The second-order valence-corrected chi connectivity index (χ2v) is 6.79. The molecule has 0 aliphatic rings. The van der Waals surface area contributed by atoms with Crippen LogP contribution < -0.4 is 14.8 Å². The van der Waals surface area contributed by atoms with Crippen LogP contribution in [0.2, 0.25) is 0 Å². The van der Waals surface area contributed by atoms with Crippen molar-refractivity contribution in [2.45, 2.75) is 24.8 Å². The highest BCUT2D eigenvalue weighted by Gasteiger charge is 2.19. The van der Waals surface area contributed by atoms with Crippen LogP contribution >= 0.6 is 0 Å². The molecule has 0 fully saturated rings. The number of rotatable bonds is 8. The van der Waals surface area contributed by atoms with Crippen LogP contribution in [0.25, 0.3) is 0 Å². The Morgan fingerprint density at radius 3 is 2.71 bits per heavy atom. The minimum Gasteiger partial charge on any atom is -0.496 e. The predicted molar refractivity (Wildman–Crippen MR) is 88.4 cm³/mol. The number of methoxy groups -OCH3 is 1. The number of benzene rings is 1. The maximum Gasteiger partial charge on any atom is 0.255 e. The highest BCUT2D eigenvalue weighted by molar-refractivity contribution is 7.89. The van der Waals surface area contributed by atoms with E-state index < -0.39 is 10.0 Å². The van der Waals surface area contributed by atoms with Gasteiger partial charge in [-0.25, -0.2) is 13.1 Å². The summed E-state index contributed by atoms with van der Waals surface area (Å²) in [5, 5.41) is 2.71. The third kappa shape index (κ3) is 4.36. The normalized spacial score (nSPS) is 11.2. The monoisotopic (exact) mass is 352 g/mol. The van der Waals surface area contributed by atoms with Crippen molar-refractivity contribution in [2.24, 2.45) is 0 Å². The molecule has 1 aromatic carbocycles. The van der Waals surface area contributed by atoms with Gasteiger partial charge in [-0.15, -0.1) is 0 Å². The lowest BCUT2D eigenvalue weighted by Crippen LogP contribution is -2.26. The Kier molecular flexibility index (Phi) is 5.99. The number of nitrogens with one attached hydrogen (secondary N) is 2. The zero-order chi connectivity index (χ0) is 17.6. The molecule has 8 heteroatoms. The third-order valence-corrected chi connectivity index (χ3v) is 4.68. The maximum atomic E-state index is 12.4. The van der Waals surface area contributed by atoms with Gasteiger partial charge in [-0.05, 0) is 36.8 Å². The van der Waals surface area contributed by atoms with E-state index in [1.165, 1.54) is 31.6 Å². The first-order chi connectivity index (χ1) is 11.5. The molecule has 7 nitrogen and oxygen atoms in total. The van der Waals surface area contributed by atoms with Crippen LogP contribution in [-0.2, 0) is 16.6 Å². The highest BCUT2D eigenvalue weighted by atomic mass is 32.2. The first kappa shape index (κ1) is 18.0. The molecule has 0 radical (unpaired) electrons. The van der Waals surface area contributed by atoms with Gasteiger partial charge >= 0.3 is 0 Å². The summed E-state index contributed by atoms with van der Waals surface area (Å²) in [6.45, 7) is 2.45. The minimum absolute atomic E-state index is 0.0171. The Morgan fingerprint density at radius 1 is 1.29 bits per heavy atom. The second-order valence-electron chi connectivity index (χ2n) is 5.02. The lowest BCUT2D eigenvalue weighted by molar-refractivity contribution is 0.0950. The molecule has 0 bridgehead atoms. The fourth-order valence-electron chi connectivity index (χ4n) is 2.03. The molecule has 0 saturated heterocycles. The number of sulfonamides is 1. The van der Waals surface area contributed by atoms with Crippen LogP contribution in [0, 0.1) is 0 Å². The quantitative estimate of drug-likeness (QED) is 0.756. The van der Waals surface area contributed by atoms with Gasteiger partial charge in [0.2, 0.25) is 10.0 Å². The number of ether oxygens (including phenoxy) is 1. The largest absolute Gasteiger partial charge is 0.496 e. The lowest BCUT2D eigenvalue weighted by atomic mass is 10.2. The fourth-order valence-corrected chi connectivity index (χ4v) is 3.05. The predicted octanol–water partition coefficient (Wildman–Crippen LogP) is 1.91. The zero-order valence-corrected chi connectivity index (χ0v) is 14.4. The van der Waals surface area contributed by atoms with Crippen LogP contribution in [0.15, 0.2) is 45.9 Å². The number of hydrogen-bond donors (Lipinski definition) is 2. The standard InChI is InChI=1S/C16H20N2O5S/c1-3-8-17-16(19)14-10-13(6-7-15(14)22-2)24(20,21)18-11-12-5-4-9-23-12/h4-7,9-10,18H,3,8,11H2,1-2H3,(H,17,19). The molecule has 130 valence electrons. The molecule has 0 unspecified atom stereocenters. The summed E-state index contributed by atoms with van der Waals surface area (Å²) < 4.78 is 37.4. The van der Waals surface area contributed by atoms with Crippen LogP contribution in [-0.4, -0.2) is 28.0 Å². The van der Waals surface area contributed by atoms with Gasteiger partial charge < -0.3 is 14.5 Å². The van der Waals surface area contributed by atoms with Crippen molar-refractivity contribution >= 4 is 15.9 Å². The van der Waals surface area contributed by atoms with Crippen LogP contribution in [0.5, 0.6) is 5.75 Å². The van der Waals surface area contributed by atoms with Crippen molar-refractivity contribution in [1.82, 2.24) is 10.0 Å². The molecule has 0 saturated carbocycles. The summed E-state index contributed by atoms with van der Waals surface area (Å²) in [5.41, 5.74) is 0.173. The van der Waals surface area contributed by atoms with Gasteiger partial charge in [0, 0.05) is 6.54 Å². The number of hydrogen-bond acceptors (Lipinski definition) is 5. The summed E-state index contributed by atoms with van der Waals surface area (Å²) in [5.74, 6) is 0.429. The van der Waals surface area contributed by atoms with E-state index in [0.29, 0.717) is 18.1 Å². The van der Waals surface area contributed by atoms with E-state index in [-0.39, 0.29) is 22.9 Å². The summed E-state index contributed by atoms with van der Waals surface area (Å²) in [4.78, 5) is 12.2. The van der Waals surface area contributed by atoms with E-state index in [4.69, 9.17) is 9.15 Å². The molecule has 1 aromatic heterocycles. The van der Waals surface area contributed by atoms with Gasteiger partial charge in [-0.2, -0.15) is 0 Å². The van der Waals surface area contributed by atoms with Gasteiger partial charge in [0.15, 0.2) is 0 Å². The van der Waals surface area contributed by atoms with E-state index in [1.807, 2.05) is 6.92 Å². The maximum absolute atomic E-state index is 12.4. The van der Waals surface area contributed by atoms with Crippen LogP contribution in [0.4, 0.5) is 0 Å². The van der Waals surface area contributed by atoms with Gasteiger partial charge in [-0.1, -0.05) is 6.92 Å². The summed E-state index contributed by atoms with van der Waals surface area (Å²) in [7, 11) is -2.36. The van der Waals surface area contributed by atoms with Gasteiger partial charge in [0.1, 0.15) is 11.5 Å². The van der Waals surface area contributed by atoms with Gasteiger partial charge in [0.05, 0.1) is 30.4 Å². The topological polar surface area (TPSA) is 97.6 Å². The third-order valence-electron chi connectivity index (χ3n) is 3.28. The first-order valence-electron chi connectivity index (χ1n) is 7.46. The Morgan fingerprint density at radius 2 is 2.08 bits per heavy atom. The minimum atomic E-state index is -3.78. The molecule has 24 heavy (non-hydrogen) atoms. The highest BCUT2D eigenvalue weighted by Crippen LogP contribution is 2.22. The van der Waals surface area contributed by atoms with Crippen LogP contribution in [0.1, 0.15) is 29.5 Å². The van der Waals surface area contributed by atoms with Crippen molar-refractivity contribution in [1.29, 1.82) is 0 Å². The fraction of sp³-hybridized carbons (Fsp3) is 0.312. The van der Waals surface area contributed by atoms with Gasteiger partial charge in [0.25, 0.3) is 5.91 Å². The molecule has 2 rings (SSSR count). The van der Waals surface area contributed by atoms with Crippen LogP contribution in [0.3, 0.4) is 0 Å². The lowest BCUT2D eigenvalue weighted by Gasteiger charge is -2.11. The zero-order valence-electron chi connectivity index (χ0n) is 13.5. The van der Waals surface area contributed by atoms with E-state index in [9.17, 15) is 13.2 Å². The molecule has 0 atom stereocenters. The molecule has 0 aliphatic heterocycles. The van der Waals surface area contributed by atoms with Crippen molar-refractivity contribution in [3.05, 3.63) is 47.9 Å². The van der Waals surface area contributed by atoms with Crippen molar-refractivity contribution in [3.63, 3.8) is 0 Å². The van der Waals surface area contributed by atoms with Crippen molar-refractivity contribution in [2.75, 3.05) is 13.7 Å². The Hall–Kier alpha value is -2.32. The smallest absolute Gasteiger partial charge is 0.255 e. The molecule has 2 N–H and O–H groups in total. The number of furan rings is 1. The molecular weight excluding hydrogens is 332 g/mol. The Bertz CT molecular complexity index is 785. The number of carbonyl (C=O) groups excluding carboxylic acids is 1. The van der Waals surface area contributed by atoms with Gasteiger partial charge in [-0.3, -0.25) is 4.79 Å².